The fourth-order valence-corrected chi connectivity index (χ4v) is 0.824. The molecule has 5 heteroatoms. The molecule has 0 bridgehead atoms. The van der Waals surface area contributed by atoms with Gasteiger partial charge in [-0.2, -0.15) is 5.10 Å². The zero-order valence-electron chi connectivity index (χ0n) is 6.87. The number of hydrogen-bond donors (Lipinski definition) is 3. The number of aromatic amines is 1. The first-order valence-electron chi connectivity index (χ1n) is 3.72. The molecule has 5 nitrogen and oxygen atoms in total. The van der Waals surface area contributed by atoms with Gasteiger partial charge in [-0.25, -0.2) is 0 Å². The maximum absolute atomic E-state index is 11.1. The minimum Gasteiger partial charge on any atom is -0.327 e. The largest absolute Gasteiger partial charge is 0.327 e. The molecule has 1 amide bonds. The van der Waals surface area contributed by atoms with Crippen molar-refractivity contribution in [2.45, 2.75) is 19.4 Å². The minimum atomic E-state index is -0.114. The number of amides is 1. The average Bonchev–Trinajstić information content (AvgIpc) is 2.37. The highest BCUT2D eigenvalue weighted by Gasteiger charge is 2.04. The molecule has 66 valence electrons. The van der Waals surface area contributed by atoms with E-state index in [1.165, 1.54) is 0 Å². The fraction of sp³-hybridized carbons (Fsp3) is 0.429. The number of nitrogens with one attached hydrogen (secondary N) is 2. The van der Waals surface area contributed by atoms with Crippen molar-refractivity contribution in [2.75, 3.05) is 5.32 Å². The number of carbonyl (C=O) groups excluding carboxylic acids is 1. The Morgan fingerprint density at radius 3 is 3.17 bits per heavy atom. The predicted octanol–water partition coefficient (Wildman–Crippen LogP) is 0.0855. The van der Waals surface area contributed by atoms with Crippen LogP contribution in [0.15, 0.2) is 12.4 Å². The lowest BCUT2D eigenvalue weighted by molar-refractivity contribution is -0.116. The van der Waals surface area contributed by atoms with Gasteiger partial charge in [0.1, 0.15) is 0 Å². The van der Waals surface area contributed by atoms with Gasteiger partial charge in [-0.3, -0.25) is 9.89 Å². The number of carbonyl (C=O) groups is 1. The molecule has 1 unspecified atom stereocenters. The lowest BCUT2D eigenvalue weighted by Crippen LogP contribution is -2.23. The summed E-state index contributed by atoms with van der Waals surface area (Å²) in [4.78, 5) is 11.1. The molecule has 0 fully saturated rings. The van der Waals surface area contributed by atoms with E-state index in [1.807, 2.05) is 0 Å². The van der Waals surface area contributed by atoms with Gasteiger partial charge in [0.05, 0.1) is 11.9 Å². The summed E-state index contributed by atoms with van der Waals surface area (Å²) >= 11 is 0. The molecule has 0 radical (unpaired) electrons. The molecule has 0 aromatic carbocycles. The van der Waals surface area contributed by atoms with Gasteiger partial charge >= 0.3 is 0 Å². The molecule has 0 spiro atoms. The van der Waals surface area contributed by atoms with Crippen LogP contribution in [0.4, 0.5) is 5.69 Å². The van der Waals surface area contributed by atoms with Crippen LogP contribution in [-0.4, -0.2) is 22.1 Å². The van der Waals surface area contributed by atoms with Crippen LogP contribution in [0.25, 0.3) is 0 Å². The molecule has 0 saturated carbocycles. The van der Waals surface area contributed by atoms with Crippen molar-refractivity contribution >= 4 is 11.6 Å². The monoisotopic (exact) mass is 168 g/mol. The second kappa shape index (κ2) is 3.87. The Hall–Kier alpha value is -1.36. The van der Waals surface area contributed by atoms with Crippen LogP contribution >= 0.6 is 0 Å². The van der Waals surface area contributed by atoms with Crippen LogP contribution < -0.4 is 11.1 Å². The molecular weight excluding hydrogens is 156 g/mol. The third kappa shape index (κ3) is 2.71. The number of anilines is 1. The van der Waals surface area contributed by atoms with Gasteiger partial charge in [0, 0.05) is 18.7 Å². The molecule has 0 aliphatic heterocycles. The highest BCUT2D eigenvalue weighted by atomic mass is 16.1. The second-order valence-electron chi connectivity index (χ2n) is 2.72. The van der Waals surface area contributed by atoms with Crippen LogP contribution in [0, 0.1) is 0 Å². The van der Waals surface area contributed by atoms with Gasteiger partial charge in [-0.05, 0) is 6.92 Å². The van der Waals surface area contributed by atoms with Crippen molar-refractivity contribution in [1.82, 2.24) is 10.2 Å². The van der Waals surface area contributed by atoms with E-state index in [2.05, 4.69) is 15.5 Å². The van der Waals surface area contributed by atoms with Gasteiger partial charge < -0.3 is 11.1 Å². The van der Waals surface area contributed by atoms with E-state index in [0.29, 0.717) is 12.1 Å². The van der Waals surface area contributed by atoms with Crippen molar-refractivity contribution in [2.24, 2.45) is 5.73 Å². The smallest absolute Gasteiger partial charge is 0.226 e. The van der Waals surface area contributed by atoms with E-state index in [0.717, 1.165) is 0 Å². The fourth-order valence-electron chi connectivity index (χ4n) is 0.824. The van der Waals surface area contributed by atoms with E-state index in [9.17, 15) is 4.79 Å². The van der Waals surface area contributed by atoms with Crippen molar-refractivity contribution in [3.05, 3.63) is 12.4 Å². The lowest BCUT2D eigenvalue weighted by Gasteiger charge is -2.03. The zero-order valence-corrected chi connectivity index (χ0v) is 6.87. The molecule has 1 heterocycles. The molecule has 0 saturated heterocycles. The summed E-state index contributed by atoms with van der Waals surface area (Å²) in [6, 6.07) is -0.114. The molecule has 1 aromatic rings. The van der Waals surface area contributed by atoms with E-state index in [-0.39, 0.29) is 11.9 Å². The van der Waals surface area contributed by atoms with Crippen LogP contribution in [0.2, 0.25) is 0 Å². The number of H-pyrrole nitrogens is 1. The average molecular weight is 168 g/mol. The number of hydrogen-bond acceptors (Lipinski definition) is 3. The van der Waals surface area contributed by atoms with E-state index in [4.69, 9.17) is 5.73 Å². The molecule has 12 heavy (non-hydrogen) atoms. The maximum Gasteiger partial charge on any atom is 0.226 e. The number of rotatable bonds is 3. The van der Waals surface area contributed by atoms with Crippen molar-refractivity contribution in [3.63, 3.8) is 0 Å². The van der Waals surface area contributed by atoms with Crippen LogP contribution in [0.1, 0.15) is 13.3 Å². The number of aromatic nitrogens is 2. The minimum absolute atomic E-state index is 0.0913. The highest BCUT2D eigenvalue weighted by Crippen LogP contribution is 2.01. The Balaban J connectivity index is 2.37. The third-order valence-electron chi connectivity index (χ3n) is 1.29. The summed E-state index contributed by atoms with van der Waals surface area (Å²) in [5, 5.41) is 8.92. The molecule has 1 atom stereocenters. The molecule has 0 aliphatic carbocycles. The summed E-state index contributed by atoms with van der Waals surface area (Å²) < 4.78 is 0. The summed E-state index contributed by atoms with van der Waals surface area (Å²) in [7, 11) is 0. The standard InChI is InChI=1S/C7H12N4O/c1-5(8)2-7(12)11-6-3-9-10-4-6/h3-5H,2,8H2,1H3,(H,9,10)(H,11,12). The summed E-state index contributed by atoms with van der Waals surface area (Å²) in [6.07, 6.45) is 3.48. The van der Waals surface area contributed by atoms with E-state index >= 15 is 0 Å². The normalized spacial score (nSPS) is 12.5. The van der Waals surface area contributed by atoms with Crippen LogP contribution in [0.3, 0.4) is 0 Å². The number of nitrogens with zero attached hydrogens (tertiary/aromatic N) is 1. The first-order valence-corrected chi connectivity index (χ1v) is 3.72. The quantitative estimate of drug-likeness (QED) is 0.597. The van der Waals surface area contributed by atoms with E-state index in [1.54, 1.807) is 19.3 Å². The Morgan fingerprint density at radius 1 is 1.92 bits per heavy atom. The first kappa shape index (κ1) is 8.73. The molecule has 1 aromatic heterocycles. The van der Waals surface area contributed by atoms with Gasteiger partial charge in [0.25, 0.3) is 0 Å². The molecule has 1 rings (SSSR count). The molecule has 0 aliphatic rings. The van der Waals surface area contributed by atoms with Gasteiger partial charge in [0.2, 0.25) is 5.91 Å². The lowest BCUT2D eigenvalue weighted by atomic mass is 10.2. The van der Waals surface area contributed by atoms with Crippen molar-refractivity contribution in [1.29, 1.82) is 0 Å². The van der Waals surface area contributed by atoms with E-state index < -0.39 is 0 Å². The van der Waals surface area contributed by atoms with Crippen molar-refractivity contribution in [3.8, 4) is 0 Å². The zero-order chi connectivity index (χ0) is 8.97. The van der Waals surface area contributed by atoms with Gasteiger partial charge in [0.15, 0.2) is 0 Å². The Morgan fingerprint density at radius 2 is 2.67 bits per heavy atom. The third-order valence-corrected chi connectivity index (χ3v) is 1.29. The van der Waals surface area contributed by atoms with Crippen LogP contribution in [0.5, 0.6) is 0 Å². The topological polar surface area (TPSA) is 83.8 Å². The summed E-state index contributed by atoms with van der Waals surface area (Å²) in [6.45, 7) is 1.79. The van der Waals surface area contributed by atoms with Gasteiger partial charge in [-0.15, -0.1) is 0 Å². The SMILES string of the molecule is CC(N)CC(=O)Nc1cn[nH]c1. The maximum atomic E-state index is 11.1. The number of nitrogens with two attached hydrogens (primary N) is 1. The first-order chi connectivity index (χ1) is 5.68. The van der Waals surface area contributed by atoms with Crippen LogP contribution in [-0.2, 0) is 4.79 Å². The van der Waals surface area contributed by atoms with Crippen molar-refractivity contribution < 1.29 is 4.79 Å². The summed E-state index contributed by atoms with van der Waals surface area (Å²) in [5.74, 6) is -0.0913. The Labute approximate surface area is 70.3 Å². The molecular formula is C7H12N4O. The Bertz CT molecular complexity index is 242. The molecule has 4 N–H and O–H groups in total. The highest BCUT2D eigenvalue weighted by molar-refractivity contribution is 5.90. The Kier molecular flexibility index (Phi) is 2.82. The predicted molar refractivity (Wildman–Crippen MR) is 45.5 cm³/mol. The summed E-state index contributed by atoms with van der Waals surface area (Å²) in [5.41, 5.74) is 6.11. The second-order valence-corrected chi connectivity index (χ2v) is 2.72. The van der Waals surface area contributed by atoms with Gasteiger partial charge in [-0.1, -0.05) is 0 Å².